The van der Waals surface area contributed by atoms with Gasteiger partial charge in [0.05, 0.1) is 19.4 Å². The maximum Gasteiger partial charge on any atom is 0.516 e. The number of carbonyl (C=O) groups is 2. The molecule has 0 aliphatic rings. The fraction of sp³-hybridized carbons (Fsp3) is 0.750. The van der Waals surface area contributed by atoms with Crippen LogP contribution >= 0.6 is 7.60 Å². The van der Waals surface area contributed by atoms with Gasteiger partial charge in [-0.3, -0.25) is 14.7 Å². The van der Waals surface area contributed by atoms with E-state index in [2.05, 4.69) is 14.8 Å². The number of carbonyl (C=O) groups excluding carboxylic acids is 2. The Balaban J connectivity index is 3.64. The Kier molecular flexibility index (Phi) is 7.73. The molecule has 0 rings (SSSR count). The second-order valence-electron chi connectivity index (χ2n) is 3.18. The third-order valence-corrected chi connectivity index (χ3v) is 2.14. The van der Waals surface area contributed by atoms with Crippen molar-refractivity contribution in [1.82, 2.24) is 5.32 Å². The van der Waals surface area contributed by atoms with Gasteiger partial charge in [0.15, 0.2) is 0 Å². The third-order valence-electron chi connectivity index (χ3n) is 1.50. The molecular weight excluding hydrogens is 253 g/mol. The van der Waals surface area contributed by atoms with Crippen LogP contribution in [0.3, 0.4) is 0 Å². The smallest absolute Gasteiger partial charge is 0.434 e. The number of hydrogen-bond acceptors (Lipinski definition) is 6. The predicted octanol–water partition coefficient (Wildman–Crippen LogP) is 0.191. The van der Waals surface area contributed by atoms with Crippen LogP contribution in [0.5, 0.6) is 0 Å². The van der Waals surface area contributed by atoms with Crippen LogP contribution in [0, 0.1) is 0 Å². The first kappa shape index (κ1) is 16.1. The monoisotopic (exact) mass is 269 g/mol. The third kappa shape index (κ3) is 11.3. The predicted molar refractivity (Wildman–Crippen MR) is 57.3 cm³/mol. The van der Waals surface area contributed by atoms with Crippen molar-refractivity contribution in [2.24, 2.45) is 0 Å². The second kappa shape index (κ2) is 8.19. The largest absolute Gasteiger partial charge is 0.516 e. The molecule has 0 aliphatic carbocycles. The minimum Gasteiger partial charge on any atom is -0.434 e. The van der Waals surface area contributed by atoms with Crippen LogP contribution in [0.15, 0.2) is 0 Å². The molecule has 0 unspecified atom stereocenters. The lowest BCUT2D eigenvalue weighted by molar-refractivity contribution is -0.138. The molecule has 0 saturated carbocycles. The molecular formula is C8H16NO7P. The zero-order valence-corrected chi connectivity index (χ0v) is 10.3. The molecule has 0 atom stereocenters. The summed E-state index contributed by atoms with van der Waals surface area (Å²) in [6.07, 6.45) is -0.265. The molecule has 0 aromatic rings. The molecule has 0 spiro atoms. The van der Waals surface area contributed by atoms with Crippen molar-refractivity contribution in [2.75, 3.05) is 19.4 Å². The summed E-state index contributed by atoms with van der Waals surface area (Å²) < 4.78 is 19.1. The summed E-state index contributed by atoms with van der Waals surface area (Å²) in [5, 5.41) is 2.15. The van der Waals surface area contributed by atoms with Gasteiger partial charge in [-0.1, -0.05) is 13.3 Å². The molecule has 0 bridgehead atoms. The van der Waals surface area contributed by atoms with Gasteiger partial charge in [0.2, 0.25) is 0 Å². The highest BCUT2D eigenvalue weighted by molar-refractivity contribution is 7.51. The van der Waals surface area contributed by atoms with E-state index in [0.717, 1.165) is 6.42 Å². The van der Waals surface area contributed by atoms with E-state index in [-0.39, 0.29) is 6.61 Å². The van der Waals surface area contributed by atoms with Crippen molar-refractivity contribution < 1.29 is 33.4 Å². The topological polar surface area (TPSA) is 122 Å². The van der Waals surface area contributed by atoms with Crippen molar-refractivity contribution >= 4 is 19.7 Å². The molecule has 0 amide bonds. The lowest BCUT2D eigenvalue weighted by atomic mass is 10.4. The van der Waals surface area contributed by atoms with E-state index in [0.29, 0.717) is 6.42 Å². The number of rotatable bonds is 7. The van der Waals surface area contributed by atoms with E-state index in [1.165, 1.54) is 0 Å². The second-order valence-corrected chi connectivity index (χ2v) is 4.82. The fourth-order valence-corrected chi connectivity index (χ4v) is 1.17. The normalized spacial score (nSPS) is 11.0. The molecule has 0 fully saturated rings. The Hall–Kier alpha value is -0.950. The first-order valence-electron chi connectivity index (χ1n) is 4.98. The summed E-state index contributed by atoms with van der Waals surface area (Å²) in [6, 6.07) is 0. The average Bonchev–Trinajstić information content (AvgIpc) is 2.15. The molecule has 100 valence electrons. The number of nitrogens with one attached hydrogen (secondary N) is 1. The fourth-order valence-electron chi connectivity index (χ4n) is 0.762. The van der Waals surface area contributed by atoms with E-state index in [1.54, 1.807) is 0 Å². The molecule has 3 N–H and O–H groups in total. The highest BCUT2D eigenvalue weighted by Crippen LogP contribution is 2.31. The molecule has 9 heteroatoms. The zero-order valence-electron chi connectivity index (χ0n) is 9.42. The van der Waals surface area contributed by atoms with Gasteiger partial charge in [-0.05, 0) is 6.42 Å². The van der Waals surface area contributed by atoms with Crippen molar-refractivity contribution in [3.05, 3.63) is 0 Å². The SMILES string of the molecule is CCCCOC(=O)OC(=O)CNCP(=O)(O)O. The van der Waals surface area contributed by atoms with Gasteiger partial charge in [-0.2, -0.15) is 0 Å². The van der Waals surface area contributed by atoms with Gasteiger partial charge in [-0.15, -0.1) is 0 Å². The highest BCUT2D eigenvalue weighted by atomic mass is 31.2. The summed E-state index contributed by atoms with van der Waals surface area (Å²) in [7, 11) is -4.21. The summed E-state index contributed by atoms with van der Waals surface area (Å²) >= 11 is 0. The number of esters is 1. The van der Waals surface area contributed by atoms with Crippen molar-refractivity contribution in [1.29, 1.82) is 0 Å². The van der Waals surface area contributed by atoms with Crippen molar-refractivity contribution in [3.8, 4) is 0 Å². The van der Waals surface area contributed by atoms with Crippen LogP contribution in [0.4, 0.5) is 4.79 Å². The van der Waals surface area contributed by atoms with Crippen molar-refractivity contribution in [2.45, 2.75) is 19.8 Å². The molecule has 17 heavy (non-hydrogen) atoms. The van der Waals surface area contributed by atoms with Crippen molar-refractivity contribution in [3.63, 3.8) is 0 Å². The Morgan fingerprint density at radius 2 is 2.00 bits per heavy atom. The van der Waals surface area contributed by atoms with Crippen LogP contribution in [0.2, 0.25) is 0 Å². The maximum absolute atomic E-state index is 10.9. The molecule has 0 aromatic heterocycles. The molecule has 0 aliphatic heterocycles. The first-order valence-corrected chi connectivity index (χ1v) is 6.77. The van der Waals surface area contributed by atoms with Gasteiger partial charge in [0, 0.05) is 0 Å². The molecule has 0 radical (unpaired) electrons. The Bertz CT molecular complexity index is 300. The van der Waals surface area contributed by atoms with Gasteiger partial charge in [-0.25, -0.2) is 4.79 Å². The van der Waals surface area contributed by atoms with E-state index < -0.39 is 32.6 Å². The molecule has 8 nitrogen and oxygen atoms in total. The first-order chi connectivity index (χ1) is 7.85. The van der Waals surface area contributed by atoms with Crippen LogP contribution < -0.4 is 5.32 Å². The number of unbranched alkanes of at least 4 members (excludes halogenated alkanes) is 1. The van der Waals surface area contributed by atoms with E-state index >= 15 is 0 Å². The Labute approximate surface area is 98.4 Å². The molecule has 0 heterocycles. The average molecular weight is 269 g/mol. The summed E-state index contributed by atoms with van der Waals surface area (Å²) in [5.41, 5.74) is 0. The van der Waals surface area contributed by atoms with Crippen LogP contribution in [-0.4, -0.2) is 41.3 Å². The number of ether oxygens (including phenoxy) is 2. The highest BCUT2D eigenvalue weighted by Gasteiger charge is 2.15. The van der Waals surface area contributed by atoms with E-state index in [1.807, 2.05) is 6.92 Å². The molecule has 0 saturated heterocycles. The van der Waals surface area contributed by atoms with Gasteiger partial charge in [0.1, 0.15) is 0 Å². The standard InChI is InChI=1S/C8H16NO7P/c1-2-3-4-15-8(11)16-7(10)5-9-6-17(12,13)14/h9H,2-6H2,1H3,(H2,12,13,14). The van der Waals surface area contributed by atoms with Crippen LogP contribution in [0.25, 0.3) is 0 Å². The minimum absolute atomic E-state index is 0.165. The lowest BCUT2D eigenvalue weighted by Crippen LogP contribution is -2.27. The van der Waals surface area contributed by atoms with E-state index in [4.69, 9.17) is 9.79 Å². The van der Waals surface area contributed by atoms with Crippen LogP contribution in [0.1, 0.15) is 19.8 Å². The Morgan fingerprint density at radius 1 is 1.35 bits per heavy atom. The lowest BCUT2D eigenvalue weighted by Gasteiger charge is -2.06. The zero-order chi connectivity index (χ0) is 13.3. The van der Waals surface area contributed by atoms with Gasteiger partial charge >= 0.3 is 19.7 Å². The summed E-state index contributed by atoms with van der Waals surface area (Å²) in [6.45, 7) is 1.60. The summed E-state index contributed by atoms with van der Waals surface area (Å²) in [5.74, 6) is -0.958. The number of hydrogen-bond donors (Lipinski definition) is 3. The Morgan fingerprint density at radius 3 is 2.53 bits per heavy atom. The van der Waals surface area contributed by atoms with Gasteiger partial charge in [0.25, 0.3) is 0 Å². The summed E-state index contributed by atoms with van der Waals surface area (Å²) in [4.78, 5) is 38.7. The quantitative estimate of drug-likeness (QED) is 0.259. The van der Waals surface area contributed by atoms with E-state index in [9.17, 15) is 14.2 Å². The maximum atomic E-state index is 10.9. The minimum atomic E-state index is -4.21. The van der Waals surface area contributed by atoms with Crippen LogP contribution in [-0.2, 0) is 18.8 Å². The van der Waals surface area contributed by atoms with Gasteiger partial charge < -0.3 is 19.3 Å². The molecule has 0 aromatic carbocycles.